The van der Waals surface area contributed by atoms with Gasteiger partial charge in [0.2, 0.25) is 0 Å². The van der Waals surface area contributed by atoms with Gasteiger partial charge in [-0.1, -0.05) is 13.8 Å². The van der Waals surface area contributed by atoms with Gasteiger partial charge in [-0.3, -0.25) is 4.98 Å². The van der Waals surface area contributed by atoms with Crippen LogP contribution in [-0.4, -0.2) is 24.2 Å². The fraction of sp³-hybridized carbons (Fsp3) is 0.667. The number of pyridine rings is 1. The van der Waals surface area contributed by atoms with Crippen LogP contribution in [0.4, 0.5) is 0 Å². The predicted octanol–water partition coefficient (Wildman–Crippen LogP) is 2.94. The minimum Gasteiger partial charge on any atom is -0.488 e. The maximum absolute atomic E-state index is 6.21. The van der Waals surface area contributed by atoms with Crippen molar-refractivity contribution in [1.29, 1.82) is 0 Å². The average Bonchev–Trinajstić information content (AvgIpc) is 2.37. The van der Waals surface area contributed by atoms with E-state index in [1.54, 1.807) is 0 Å². The molecule has 2 rings (SSSR count). The zero-order valence-electron chi connectivity index (χ0n) is 11.9. The van der Waals surface area contributed by atoms with Crippen molar-refractivity contribution in [2.45, 2.75) is 52.2 Å². The molecule has 0 amide bonds. The Bertz CT molecular complexity index is 401. The van der Waals surface area contributed by atoms with Crippen LogP contribution in [-0.2, 0) is 0 Å². The lowest BCUT2D eigenvalue weighted by atomic mass is 9.58. The molecule has 1 aliphatic carbocycles. The smallest absolute Gasteiger partial charge is 0.140 e. The maximum Gasteiger partial charge on any atom is 0.140 e. The van der Waals surface area contributed by atoms with E-state index in [9.17, 15) is 0 Å². The second-order valence-electron chi connectivity index (χ2n) is 5.21. The predicted molar refractivity (Wildman–Crippen MR) is 73.9 cm³/mol. The molecule has 1 aromatic rings. The highest BCUT2D eigenvalue weighted by Gasteiger charge is 2.53. The first-order valence-electron chi connectivity index (χ1n) is 6.93. The molecule has 0 spiro atoms. The molecule has 1 aromatic heterocycles. The summed E-state index contributed by atoms with van der Waals surface area (Å²) in [6, 6.07) is 4.54. The second-order valence-corrected chi connectivity index (χ2v) is 5.21. The van der Waals surface area contributed by atoms with Gasteiger partial charge in [0.25, 0.3) is 0 Å². The van der Waals surface area contributed by atoms with Gasteiger partial charge >= 0.3 is 0 Å². The van der Waals surface area contributed by atoms with Crippen molar-refractivity contribution in [1.82, 2.24) is 10.3 Å². The molecule has 0 aliphatic heterocycles. The normalized spacial score (nSPS) is 25.6. The third-order valence-corrected chi connectivity index (χ3v) is 4.68. The molecule has 0 aromatic carbocycles. The Kier molecular flexibility index (Phi) is 3.91. The molecule has 1 aliphatic rings. The maximum atomic E-state index is 6.21. The van der Waals surface area contributed by atoms with Gasteiger partial charge in [-0.05, 0) is 38.9 Å². The van der Waals surface area contributed by atoms with Gasteiger partial charge in [-0.25, -0.2) is 0 Å². The van der Waals surface area contributed by atoms with E-state index in [0.717, 1.165) is 30.7 Å². The zero-order valence-corrected chi connectivity index (χ0v) is 11.9. The van der Waals surface area contributed by atoms with E-state index in [-0.39, 0.29) is 5.41 Å². The van der Waals surface area contributed by atoms with E-state index in [4.69, 9.17) is 4.74 Å². The molecule has 2 atom stereocenters. The zero-order chi connectivity index (χ0) is 13.2. The van der Waals surface area contributed by atoms with Gasteiger partial charge in [0.15, 0.2) is 0 Å². The molecule has 1 saturated carbocycles. The van der Waals surface area contributed by atoms with Crippen LogP contribution in [0.15, 0.2) is 18.3 Å². The van der Waals surface area contributed by atoms with Crippen LogP contribution in [0.2, 0.25) is 0 Å². The Labute approximate surface area is 110 Å². The highest BCUT2D eigenvalue weighted by molar-refractivity contribution is 5.27. The van der Waals surface area contributed by atoms with E-state index in [1.807, 2.05) is 25.3 Å². The van der Waals surface area contributed by atoms with Crippen molar-refractivity contribution in [3.63, 3.8) is 0 Å². The third-order valence-electron chi connectivity index (χ3n) is 4.68. The molecule has 3 heteroatoms. The lowest BCUT2D eigenvalue weighted by molar-refractivity contribution is -0.0840. The summed E-state index contributed by atoms with van der Waals surface area (Å²) >= 11 is 0. The number of hydrogen-bond acceptors (Lipinski definition) is 3. The first-order valence-corrected chi connectivity index (χ1v) is 6.93. The summed E-state index contributed by atoms with van der Waals surface area (Å²) in [6.45, 7) is 6.53. The molecule has 0 radical (unpaired) electrons. The number of hydrogen-bond donors (Lipinski definition) is 1. The number of aromatic nitrogens is 1. The number of aryl methyl sites for hydroxylation is 1. The Morgan fingerprint density at radius 3 is 2.72 bits per heavy atom. The lowest BCUT2D eigenvalue weighted by Crippen LogP contribution is -2.63. The van der Waals surface area contributed by atoms with Crippen LogP contribution >= 0.6 is 0 Å². The second kappa shape index (κ2) is 5.27. The van der Waals surface area contributed by atoms with Gasteiger partial charge in [-0.15, -0.1) is 0 Å². The summed E-state index contributed by atoms with van der Waals surface area (Å²) in [5.74, 6) is 0.934. The Morgan fingerprint density at radius 2 is 2.17 bits per heavy atom. The molecule has 0 saturated heterocycles. The first-order chi connectivity index (χ1) is 8.67. The summed E-state index contributed by atoms with van der Waals surface area (Å²) < 4.78 is 6.21. The van der Waals surface area contributed by atoms with E-state index in [2.05, 4.69) is 31.2 Å². The Balaban J connectivity index is 2.13. The molecular weight excluding hydrogens is 224 g/mol. The third kappa shape index (κ3) is 2.01. The number of nitrogens with zero attached hydrogens (tertiary/aromatic N) is 1. The Morgan fingerprint density at radius 1 is 1.44 bits per heavy atom. The van der Waals surface area contributed by atoms with Gasteiger partial charge in [0, 0.05) is 24.1 Å². The van der Waals surface area contributed by atoms with Crippen LogP contribution in [0.25, 0.3) is 0 Å². The molecule has 1 heterocycles. The summed E-state index contributed by atoms with van der Waals surface area (Å²) in [4.78, 5) is 4.29. The topological polar surface area (TPSA) is 34.1 Å². The molecule has 2 unspecified atom stereocenters. The van der Waals surface area contributed by atoms with Crippen molar-refractivity contribution >= 4 is 0 Å². The number of rotatable bonds is 5. The van der Waals surface area contributed by atoms with Gasteiger partial charge in [-0.2, -0.15) is 0 Å². The average molecular weight is 248 g/mol. The molecule has 18 heavy (non-hydrogen) atoms. The monoisotopic (exact) mass is 248 g/mol. The largest absolute Gasteiger partial charge is 0.488 e. The molecule has 1 fully saturated rings. The van der Waals surface area contributed by atoms with Crippen LogP contribution < -0.4 is 10.1 Å². The summed E-state index contributed by atoms with van der Waals surface area (Å²) in [7, 11) is 2.05. The van der Waals surface area contributed by atoms with Crippen LogP contribution in [0, 0.1) is 12.3 Å². The number of nitrogens with one attached hydrogen (secondary N) is 1. The van der Waals surface area contributed by atoms with E-state index >= 15 is 0 Å². The standard InChI is InChI=1S/C15H24N2O/c1-5-15(6-2)13(16-4)10-14(15)18-12-8-7-9-17-11(12)3/h7-9,13-14,16H,5-6,10H2,1-4H3. The van der Waals surface area contributed by atoms with Gasteiger partial charge in [0.05, 0.1) is 5.69 Å². The molecule has 3 nitrogen and oxygen atoms in total. The van der Waals surface area contributed by atoms with Gasteiger partial charge in [0.1, 0.15) is 11.9 Å². The van der Waals surface area contributed by atoms with E-state index in [0.29, 0.717) is 12.1 Å². The molecule has 100 valence electrons. The molecular formula is C15H24N2O. The van der Waals surface area contributed by atoms with Crippen molar-refractivity contribution in [2.24, 2.45) is 5.41 Å². The van der Waals surface area contributed by atoms with Crippen LogP contribution in [0.5, 0.6) is 5.75 Å². The van der Waals surface area contributed by atoms with Crippen molar-refractivity contribution < 1.29 is 4.74 Å². The highest BCUT2D eigenvalue weighted by atomic mass is 16.5. The van der Waals surface area contributed by atoms with E-state index in [1.165, 1.54) is 0 Å². The minimum absolute atomic E-state index is 0.275. The fourth-order valence-electron chi connectivity index (χ4n) is 3.26. The van der Waals surface area contributed by atoms with Crippen LogP contribution in [0.3, 0.4) is 0 Å². The number of ether oxygens (including phenoxy) is 1. The van der Waals surface area contributed by atoms with Gasteiger partial charge < -0.3 is 10.1 Å². The van der Waals surface area contributed by atoms with E-state index < -0.39 is 0 Å². The van der Waals surface area contributed by atoms with Crippen molar-refractivity contribution in [3.8, 4) is 5.75 Å². The quantitative estimate of drug-likeness (QED) is 0.870. The summed E-state index contributed by atoms with van der Waals surface area (Å²) in [5.41, 5.74) is 1.25. The highest BCUT2D eigenvalue weighted by Crippen LogP contribution is 2.48. The Hall–Kier alpha value is -1.09. The first kappa shape index (κ1) is 13.3. The molecule has 1 N–H and O–H groups in total. The van der Waals surface area contributed by atoms with Crippen molar-refractivity contribution in [3.05, 3.63) is 24.0 Å². The van der Waals surface area contributed by atoms with Crippen molar-refractivity contribution in [2.75, 3.05) is 7.05 Å². The molecule has 0 bridgehead atoms. The minimum atomic E-state index is 0.275. The fourth-order valence-corrected chi connectivity index (χ4v) is 3.26. The SMILES string of the molecule is CCC1(CC)C(NC)CC1Oc1cccnc1C. The summed E-state index contributed by atoms with van der Waals surface area (Å²) in [6.07, 6.45) is 5.52. The summed E-state index contributed by atoms with van der Waals surface area (Å²) in [5, 5.41) is 3.43. The lowest BCUT2D eigenvalue weighted by Gasteiger charge is -2.55. The van der Waals surface area contributed by atoms with Crippen LogP contribution in [0.1, 0.15) is 38.8 Å².